The summed E-state index contributed by atoms with van der Waals surface area (Å²) in [4.78, 5) is 12.1. The number of nitrogen functional groups attached to an aromatic ring is 1. The van der Waals surface area contributed by atoms with Crippen molar-refractivity contribution in [1.82, 2.24) is 5.32 Å². The molecule has 0 aliphatic heterocycles. The van der Waals surface area contributed by atoms with Gasteiger partial charge in [-0.1, -0.05) is 0 Å². The highest BCUT2D eigenvalue weighted by atomic mass is 32.1. The van der Waals surface area contributed by atoms with Gasteiger partial charge < -0.3 is 16.4 Å². The Morgan fingerprint density at radius 1 is 1.48 bits per heavy atom. The molecule has 1 heterocycles. The summed E-state index contributed by atoms with van der Waals surface area (Å²) < 4.78 is 36.3. The van der Waals surface area contributed by atoms with Gasteiger partial charge in [-0.25, -0.2) is 0 Å². The zero-order chi connectivity index (χ0) is 15.6. The molecule has 21 heavy (non-hydrogen) atoms. The lowest BCUT2D eigenvalue weighted by Gasteiger charge is -2.07. The summed E-state index contributed by atoms with van der Waals surface area (Å²) >= 11 is 0.901. The smallest absolute Gasteiger partial charge is 0.390 e. The molecule has 4 N–H and O–H groups in total. The van der Waals surface area contributed by atoms with Crippen LogP contribution in [0.3, 0.4) is 0 Å². The first-order valence-electron chi connectivity index (χ1n) is 6.25. The summed E-state index contributed by atoms with van der Waals surface area (Å²) in [6, 6.07) is 1.95. The van der Waals surface area contributed by atoms with Gasteiger partial charge in [-0.05, 0) is 12.8 Å². The first-order valence-corrected chi connectivity index (χ1v) is 7.07. The van der Waals surface area contributed by atoms with Crippen LogP contribution >= 0.6 is 11.3 Å². The van der Waals surface area contributed by atoms with Crippen LogP contribution in [0.25, 0.3) is 0 Å². The number of nitrogens with two attached hydrogens (primary N) is 1. The van der Waals surface area contributed by atoms with Crippen LogP contribution in [0.1, 0.15) is 34.5 Å². The SMILES string of the molecule is N#Cc1c(NCCC(F)(F)F)sc(C(=O)NC2CC2)c1N. The van der Waals surface area contributed by atoms with Gasteiger partial charge in [0.05, 0.1) is 12.1 Å². The number of amides is 1. The molecule has 9 heteroatoms. The second-order valence-electron chi connectivity index (χ2n) is 4.70. The zero-order valence-electron chi connectivity index (χ0n) is 10.9. The second-order valence-corrected chi connectivity index (χ2v) is 5.72. The van der Waals surface area contributed by atoms with E-state index in [0.29, 0.717) is 0 Å². The van der Waals surface area contributed by atoms with Crippen LogP contribution < -0.4 is 16.4 Å². The molecule has 1 aliphatic rings. The van der Waals surface area contributed by atoms with Crippen molar-refractivity contribution in [1.29, 1.82) is 5.26 Å². The van der Waals surface area contributed by atoms with E-state index in [1.54, 1.807) is 0 Å². The Morgan fingerprint density at radius 3 is 2.67 bits per heavy atom. The molecule has 0 aromatic carbocycles. The molecule has 1 fully saturated rings. The van der Waals surface area contributed by atoms with E-state index in [4.69, 9.17) is 11.0 Å². The zero-order valence-corrected chi connectivity index (χ0v) is 11.7. The molecule has 1 saturated carbocycles. The maximum atomic E-state index is 12.1. The van der Waals surface area contributed by atoms with Gasteiger partial charge in [-0.3, -0.25) is 4.79 Å². The van der Waals surface area contributed by atoms with Gasteiger partial charge in [0.2, 0.25) is 0 Å². The van der Waals surface area contributed by atoms with Gasteiger partial charge >= 0.3 is 6.18 Å². The van der Waals surface area contributed by atoms with Crippen LogP contribution in [0, 0.1) is 11.3 Å². The highest BCUT2D eigenvalue weighted by Crippen LogP contribution is 2.36. The quantitative estimate of drug-likeness (QED) is 0.778. The number of hydrogen-bond donors (Lipinski definition) is 3. The lowest BCUT2D eigenvalue weighted by atomic mass is 10.2. The van der Waals surface area contributed by atoms with E-state index in [1.165, 1.54) is 0 Å². The van der Waals surface area contributed by atoms with Crippen molar-refractivity contribution in [3.05, 3.63) is 10.4 Å². The van der Waals surface area contributed by atoms with Crippen molar-refractivity contribution >= 4 is 27.9 Å². The molecule has 0 unspecified atom stereocenters. The standard InChI is InChI=1S/C12H13F3N4OS/c13-12(14,15)3-4-18-11-7(5-16)8(17)9(21-11)10(20)19-6-1-2-6/h6,18H,1-4,17H2,(H,19,20). The Bertz CT molecular complexity index is 587. The number of nitriles is 1. The number of anilines is 2. The Kier molecular flexibility index (Phi) is 4.27. The van der Waals surface area contributed by atoms with Crippen molar-refractivity contribution in [2.24, 2.45) is 0 Å². The molecule has 0 bridgehead atoms. The summed E-state index contributed by atoms with van der Waals surface area (Å²) in [6.07, 6.45) is -3.51. The molecule has 1 aromatic rings. The van der Waals surface area contributed by atoms with Crippen molar-refractivity contribution in [3.63, 3.8) is 0 Å². The highest BCUT2D eigenvalue weighted by Gasteiger charge is 2.29. The number of alkyl halides is 3. The maximum absolute atomic E-state index is 12.1. The summed E-state index contributed by atoms with van der Waals surface area (Å²) in [7, 11) is 0. The predicted octanol–water partition coefficient (Wildman–Crippen LogP) is 2.46. The lowest BCUT2D eigenvalue weighted by molar-refractivity contribution is -0.131. The molecule has 0 spiro atoms. The number of hydrogen-bond acceptors (Lipinski definition) is 5. The molecule has 5 nitrogen and oxygen atoms in total. The first kappa shape index (κ1) is 15.4. The Balaban J connectivity index is 2.10. The topological polar surface area (TPSA) is 90.9 Å². The lowest BCUT2D eigenvalue weighted by Crippen LogP contribution is -2.25. The average molecular weight is 318 g/mol. The molecule has 1 aromatic heterocycles. The van der Waals surface area contributed by atoms with E-state index in [0.717, 1.165) is 24.2 Å². The minimum atomic E-state index is -4.28. The third-order valence-corrected chi connectivity index (χ3v) is 4.03. The van der Waals surface area contributed by atoms with Gasteiger partial charge in [0, 0.05) is 12.6 Å². The number of nitrogens with one attached hydrogen (secondary N) is 2. The van der Waals surface area contributed by atoms with Crippen LogP contribution in [0.15, 0.2) is 0 Å². The van der Waals surface area contributed by atoms with Crippen LogP contribution in [0.5, 0.6) is 0 Å². The average Bonchev–Trinajstić information content (AvgIpc) is 3.12. The summed E-state index contributed by atoms with van der Waals surface area (Å²) in [5, 5.41) is 14.5. The molecule has 1 amide bonds. The van der Waals surface area contributed by atoms with Gasteiger partial charge in [0.1, 0.15) is 21.5 Å². The number of rotatable bonds is 5. The Labute approximate surface area is 122 Å². The summed E-state index contributed by atoms with van der Waals surface area (Å²) in [5.74, 6) is -0.389. The number of nitrogens with zero attached hydrogens (tertiary/aromatic N) is 1. The van der Waals surface area contributed by atoms with Gasteiger partial charge in [0.25, 0.3) is 5.91 Å². The number of carbonyl (C=O) groups excluding carboxylic acids is 1. The minimum Gasteiger partial charge on any atom is -0.396 e. The number of halogens is 3. The van der Waals surface area contributed by atoms with Crippen molar-refractivity contribution in [3.8, 4) is 6.07 Å². The van der Waals surface area contributed by atoms with Gasteiger partial charge in [0.15, 0.2) is 0 Å². The van der Waals surface area contributed by atoms with Gasteiger partial charge in [-0.15, -0.1) is 11.3 Å². The molecule has 1 aliphatic carbocycles. The van der Waals surface area contributed by atoms with Crippen LogP contribution in [-0.4, -0.2) is 24.7 Å². The van der Waals surface area contributed by atoms with E-state index < -0.39 is 12.6 Å². The second kappa shape index (κ2) is 5.81. The van der Waals surface area contributed by atoms with Crippen LogP contribution in [-0.2, 0) is 0 Å². The van der Waals surface area contributed by atoms with Crippen molar-refractivity contribution in [2.75, 3.05) is 17.6 Å². The third kappa shape index (κ3) is 4.01. The molecular weight excluding hydrogens is 305 g/mol. The Hall–Kier alpha value is -1.95. The number of thiophene rings is 1. The molecule has 0 atom stereocenters. The fourth-order valence-corrected chi connectivity index (χ4v) is 2.64. The molecular formula is C12H13F3N4OS. The minimum absolute atomic E-state index is 0.00941. The van der Waals surface area contributed by atoms with Gasteiger partial charge in [-0.2, -0.15) is 18.4 Å². The molecule has 0 saturated heterocycles. The van der Waals surface area contributed by atoms with E-state index >= 15 is 0 Å². The van der Waals surface area contributed by atoms with E-state index in [2.05, 4.69) is 10.6 Å². The summed E-state index contributed by atoms with van der Waals surface area (Å²) in [5.41, 5.74) is 5.76. The largest absolute Gasteiger partial charge is 0.396 e. The number of carbonyl (C=O) groups is 1. The van der Waals surface area contributed by atoms with E-state index in [9.17, 15) is 18.0 Å². The van der Waals surface area contributed by atoms with Crippen LogP contribution in [0.2, 0.25) is 0 Å². The van der Waals surface area contributed by atoms with E-state index in [-0.39, 0.29) is 39.6 Å². The van der Waals surface area contributed by atoms with E-state index in [1.807, 2.05) is 6.07 Å². The predicted molar refractivity (Wildman–Crippen MR) is 73.1 cm³/mol. The van der Waals surface area contributed by atoms with Crippen LogP contribution in [0.4, 0.5) is 23.9 Å². The highest BCUT2D eigenvalue weighted by molar-refractivity contribution is 7.18. The summed E-state index contributed by atoms with van der Waals surface area (Å²) in [6.45, 7) is -0.373. The fourth-order valence-electron chi connectivity index (χ4n) is 1.64. The first-order chi connectivity index (χ1) is 9.81. The third-order valence-electron chi connectivity index (χ3n) is 2.87. The normalized spacial score (nSPS) is 14.6. The molecule has 114 valence electrons. The van der Waals surface area contributed by atoms with Crippen molar-refractivity contribution in [2.45, 2.75) is 31.5 Å². The molecule has 2 rings (SSSR count). The fraction of sp³-hybridized carbons (Fsp3) is 0.500. The molecule has 0 radical (unpaired) electrons. The van der Waals surface area contributed by atoms with Crippen molar-refractivity contribution < 1.29 is 18.0 Å². The maximum Gasteiger partial charge on any atom is 0.390 e. The Morgan fingerprint density at radius 2 is 2.14 bits per heavy atom. The monoisotopic (exact) mass is 318 g/mol.